The number of benzene rings is 1. The van der Waals surface area contributed by atoms with Crippen LogP contribution in [0.2, 0.25) is 0 Å². The maximum atomic E-state index is 4.28. The Kier molecular flexibility index (Phi) is 3.56. The van der Waals surface area contributed by atoms with Crippen LogP contribution in [0.25, 0.3) is 5.69 Å². The smallest absolute Gasteiger partial charge is 0.0964 e. The van der Waals surface area contributed by atoms with E-state index in [4.69, 9.17) is 0 Å². The largest absolute Gasteiger partial charge is 0.307 e. The monoisotopic (exact) mass is 268 g/mol. The Labute approximate surface area is 117 Å². The Morgan fingerprint density at radius 2 is 2.05 bits per heavy atom. The van der Waals surface area contributed by atoms with Crippen LogP contribution in [-0.2, 0) is 20.1 Å². The zero-order valence-corrected chi connectivity index (χ0v) is 11.3. The minimum atomic E-state index is 0.696. The number of hydrogen-bond acceptors (Lipinski definition) is 4. The number of rotatable bonds is 5. The highest BCUT2D eigenvalue weighted by molar-refractivity contribution is 5.40. The van der Waals surface area contributed by atoms with Crippen molar-refractivity contribution in [2.45, 2.75) is 13.1 Å². The number of nitrogens with one attached hydrogen (secondary N) is 1. The van der Waals surface area contributed by atoms with E-state index in [0.29, 0.717) is 6.54 Å². The van der Waals surface area contributed by atoms with Crippen molar-refractivity contribution in [1.82, 2.24) is 30.1 Å². The highest BCUT2D eigenvalue weighted by Crippen LogP contribution is 2.13. The molecule has 0 aliphatic rings. The van der Waals surface area contributed by atoms with Crippen LogP contribution in [0.5, 0.6) is 0 Å². The molecule has 102 valence electrons. The molecule has 0 aliphatic heterocycles. The van der Waals surface area contributed by atoms with Gasteiger partial charge < -0.3 is 5.32 Å². The van der Waals surface area contributed by atoms with Crippen LogP contribution in [0.3, 0.4) is 0 Å². The van der Waals surface area contributed by atoms with Gasteiger partial charge in [0.15, 0.2) is 0 Å². The van der Waals surface area contributed by atoms with Crippen molar-refractivity contribution >= 4 is 0 Å². The van der Waals surface area contributed by atoms with Gasteiger partial charge in [-0.15, -0.1) is 5.10 Å². The lowest BCUT2D eigenvalue weighted by Gasteiger charge is -2.09. The van der Waals surface area contributed by atoms with Gasteiger partial charge in [-0.3, -0.25) is 4.68 Å². The van der Waals surface area contributed by atoms with Crippen molar-refractivity contribution in [2.24, 2.45) is 7.05 Å². The summed E-state index contributed by atoms with van der Waals surface area (Å²) in [4.78, 5) is 0. The molecular weight excluding hydrogens is 252 g/mol. The van der Waals surface area contributed by atoms with E-state index in [1.165, 1.54) is 5.56 Å². The second-order valence-electron chi connectivity index (χ2n) is 4.57. The molecule has 0 spiro atoms. The van der Waals surface area contributed by atoms with Crippen molar-refractivity contribution in [3.05, 3.63) is 60.2 Å². The summed E-state index contributed by atoms with van der Waals surface area (Å²) in [6.45, 7) is 1.45. The predicted octanol–water partition coefficient (Wildman–Crippen LogP) is 1.29. The Bertz CT molecular complexity index is 671. The van der Waals surface area contributed by atoms with Gasteiger partial charge in [-0.05, 0) is 17.7 Å². The normalized spacial score (nSPS) is 10.8. The number of nitrogens with zero attached hydrogens (tertiary/aromatic N) is 5. The van der Waals surface area contributed by atoms with Crippen molar-refractivity contribution in [2.75, 3.05) is 0 Å². The van der Waals surface area contributed by atoms with E-state index in [1.54, 1.807) is 10.9 Å². The number of para-hydroxylation sites is 1. The molecule has 0 amide bonds. The second-order valence-corrected chi connectivity index (χ2v) is 4.57. The first-order chi connectivity index (χ1) is 9.83. The third kappa shape index (κ3) is 2.75. The predicted molar refractivity (Wildman–Crippen MR) is 75.1 cm³/mol. The number of aromatic nitrogens is 5. The Hall–Kier alpha value is -2.47. The Morgan fingerprint density at radius 1 is 1.15 bits per heavy atom. The quantitative estimate of drug-likeness (QED) is 0.757. The third-order valence-electron chi connectivity index (χ3n) is 3.01. The van der Waals surface area contributed by atoms with E-state index in [0.717, 1.165) is 17.9 Å². The van der Waals surface area contributed by atoms with Gasteiger partial charge >= 0.3 is 0 Å². The minimum Gasteiger partial charge on any atom is -0.307 e. The molecule has 2 aromatic heterocycles. The molecule has 20 heavy (non-hydrogen) atoms. The molecule has 0 radical (unpaired) electrons. The fourth-order valence-corrected chi connectivity index (χ4v) is 2.10. The SMILES string of the molecule is Cn1cc(CNCc2ccccc2-n2cccn2)nn1. The fraction of sp³-hybridized carbons (Fsp3) is 0.214. The molecule has 0 fully saturated rings. The summed E-state index contributed by atoms with van der Waals surface area (Å²) < 4.78 is 3.58. The van der Waals surface area contributed by atoms with E-state index < -0.39 is 0 Å². The van der Waals surface area contributed by atoms with Crippen LogP contribution in [0.15, 0.2) is 48.9 Å². The molecule has 0 bridgehead atoms. The van der Waals surface area contributed by atoms with E-state index >= 15 is 0 Å². The lowest BCUT2D eigenvalue weighted by molar-refractivity contribution is 0.669. The van der Waals surface area contributed by atoms with Gasteiger partial charge in [0.1, 0.15) is 0 Å². The fourth-order valence-electron chi connectivity index (χ4n) is 2.10. The van der Waals surface area contributed by atoms with Crippen molar-refractivity contribution in [3.63, 3.8) is 0 Å². The van der Waals surface area contributed by atoms with Crippen LogP contribution in [0.1, 0.15) is 11.3 Å². The molecule has 1 N–H and O–H groups in total. The van der Waals surface area contributed by atoms with Gasteiger partial charge in [0, 0.05) is 38.7 Å². The summed E-state index contributed by atoms with van der Waals surface area (Å²) in [7, 11) is 1.86. The number of hydrogen-bond donors (Lipinski definition) is 1. The van der Waals surface area contributed by atoms with Crippen molar-refractivity contribution in [1.29, 1.82) is 0 Å². The highest BCUT2D eigenvalue weighted by atomic mass is 15.4. The Balaban J connectivity index is 1.68. The van der Waals surface area contributed by atoms with E-state index in [9.17, 15) is 0 Å². The summed E-state index contributed by atoms with van der Waals surface area (Å²) in [5.74, 6) is 0. The first kappa shape index (κ1) is 12.6. The van der Waals surface area contributed by atoms with Crippen molar-refractivity contribution in [3.8, 4) is 5.69 Å². The van der Waals surface area contributed by atoms with Crippen molar-refractivity contribution < 1.29 is 0 Å². The maximum Gasteiger partial charge on any atom is 0.0964 e. The molecule has 2 heterocycles. The average Bonchev–Trinajstić information content (AvgIpc) is 3.11. The topological polar surface area (TPSA) is 60.6 Å². The Morgan fingerprint density at radius 3 is 2.80 bits per heavy atom. The van der Waals surface area contributed by atoms with Crippen LogP contribution in [0, 0.1) is 0 Å². The molecule has 0 atom stereocenters. The van der Waals surface area contributed by atoms with Gasteiger partial charge in [-0.1, -0.05) is 23.4 Å². The zero-order valence-electron chi connectivity index (χ0n) is 11.3. The number of aryl methyl sites for hydroxylation is 1. The summed E-state index contributed by atoms with van der Waals surface area (Å²) >= 11 is 0. The van der Waals surface area contributed by atoms with Gasteiger partial charge in [0.25, 0.3) is 0 Å². The van der Waals surface area contributed by atoms with Gasteiger partial charge in [-0.25, -0.2) is 4.68 Å². The van der Waals surface area contributed by atoms with E-state index in [1.807, 2.05) is 42.3 Å². The zero-order chi connectivity index (χ0) is 13.8. The summed E-state index contributed by atoms with van der Waals surface area (Å²) in [6, 6.07) is 10.1. The lowest BCUT2D eigenvalue weighted by atomic mass is 10.2. The molecule has 3 rings (SSSR count). The first-order valence-corrected chi connectivity index (χ1v) is 6.47. The van der Waals surface area contributed by atoms with E-state index in [2.05, 4.69) is 32.9 Å². The average molecular weight is 268 g/mol. The highest BCUT2D eigenvalue weighted by Gasteiger charge is 2.04. The molecule has 6 nitrogen and oxygen atoms in total. The molecule has 0 saturated carbocycles. The third-order valence-corrected chi connectivity index (χ3v) is 3.01. The summed E-state index contributed by atoms with van der Waals surface area (Å²) in [5, 5.41) is 15.6. The van der Waals surface area contributed by atoms with Crippen LogP contribution >= 0.6 is 0 Å². The van der Waals surface area contributed by atoms with E-state index in [-0.39, 0.29) is 0 Å². The minimum absolute atomic E-state index is 0.696. The second kappa shape index (κ2) is 5.66. The van der Waals surface area contributed by atoms with Gasteiger partial charge in [-0.2, -0.15) is 5.10 Å². The lowest BCUT2D eigenvalue weighted by Crippen LogP contribution is -2.15. The molecule has 6 heteroatoms. The summed E-state index contributed by atoms with van der Waals surface area (Å²) in [5.41, 5.74) is 3.22. The van der Waals surface area contributed by atoms with Crippen LogP contribution < -0.4 is 5.32 Å². The first-order valence-electron chi connectivity index (χ1n) is 6.47. The molecule has 3 aromatic rings. The standard InChI is InChI=1S/C14H16N6/c1-19-11-13(17-18-19)10-15-9-12-5-2-3-6-14(12)20-8-4-7-16-20/h2-8,11,15H,9-10H2,1H3. The molecule has 0 unspecified atom stereocenters. The van der Waals surface area contributed by atoms with Gasteiger partial charge in [0.05, 0.1) is 11.4 Å². The van der Waals surface area contributed by atoms with Crippen LogP contribution in [-0.4, -0.2) is 24.8 Å². The maximum absolute atomic E-state index is 4.28. The molecule has 0 saturated heterocycles. The molecule has 0 aliphatic carbocycles. The summed E-state index contributed by atoms with van der Waals surface area (Å²) in [6.07, 6.45) is 5.64. The molecular formula is C14H16N6. The molecule has 1 aromatic carbocycles. The van der Waals surface area contributed by atoms with Crippen LogP contribution in [0.4, 0.5) is 0 Å². The van der Waals surface area contributed by atoms with Gasteiger partial charge in [0.2, 0.25) is 0 Å².